The Balaban J connectivity index is 1.66. The fourth-order valence-corrected chi connectivity index (χ4v) is 2.54. The van der Waals surface area contributed by atoms with Crippen molar-refractivity contribution < 1.29 is 9.53 Å². The molecule has 2 rings (SSSR count). The Morgan fingerprint density at radius 3 is 2.76 bits per heavy atom. The fraction of sp³-hybridized carbons (Fsp3) is 0.300. The number of aryl methyl sites for hydroxylation is 1. The number of hydrazone groups is 1. The van der Waals surface area contributed by atoms with Crippen molar-refractivity contribution in [3.8, 4) is 5.75 Å². The molecule has 2 aromatic carbocycles. The van der Waals surface area contributed by atoms with Crippen LogP contribution in [0.4, 0.5) is 0 Å². The summed E-state index contributed by atoms with van der Waals surface area (Å²) in [5, 5.41) is 4.72. The minimum absolute atomic E-state index is 0.118. The molecular weight excluding hydrogens is 336 g/mol. The summed E-state index contributed by atoms with van der Waals surface area (Å²) >= 11 is 5.91. The normalized spacial score (nSPS) is 12.1. The molecule has 0 aliphatic carbocycles. The summed E-state index contributed by atoms with van der Waals surface area (Å²) in [7, 11) is 0. The number of benzene rings is 2. The number of nitrogens with zero attached hydrogens (tertiary/aromatic N) is 1. The van der Waals surface area contributed by atoms with Gasteiger partial charge in [0.25, 0.3) is 0 Å². The molecule has 0 aliphatic rings. The monoisotopic (exact) mass is 358 g/mol. The molecule has 0 fully saturated rings. The molecule has 1 atom stereocenters. The van der Waals surface area contributed by atoms with E-state index in [2.05, 4.69) is 10.5 Å². The van der Waals surface area contributed by atoms with Crippen LogP contribution in [0.2, 0.25) is 5.02 Å². The van der Waals surface area contributed by atoms with Crippen molar-refractivity contribution >= 4 is 23.7 Å². The molecule has 1 N–H and O–H groups in total. The number of amides is 1. The van der Waals surface area contributed by atoms with E-state index in [4.69, 9.17) is 16.3 Å². The maximum atomic E-state index is 11.8. The molecule has 0 saturated carbocycles. The van der Waals surface area contributed by atoms with Crippen LogP contribution in [-0.4, -0.2) is 18.7 Å². The number of carbonyl (C=O) groups is 1. The van der Waals surface area contributed by atoms with Crippen LogP contribution in [0.3, 0.4) is 0 Å². The third-order valence-corrected chi connectivity index (χ3v) is 3.99. The second-order valence-corrected chi connectivity index (χ2v) is 6.31. The number of hydrogen-bond acceptors (Lipinski definition) is 3. The molecule has 0 aliphatic heterocycles. The highest BCUT2D eigenvalue weighted by Crippen LogP contribution is 2.21. The van der Waals surface area contributed by atoms with Crippen molar-refractivity contribution in [1.82, 2.24) is 5.43 Å². The molecular formula is C20H23ClN2O2. The van der Waals surface area contributed by atoms with Crippen molar-refractivity contribution in [3.05, 3.63) is 64.7 Å². The Hall–Kier alpha value is -2.33. The number of rotatable bonds is 8. The van der Waals surface area contributed by atoms with Crippen molar-refractivity contribution in [3.63, 3.8) is 0 Å². The maximum Gasteiger partial charge on any atom is 0.240 e. The second-order valence-electron chi connectivity index (χ2n) is 5.87. The summed E-state index contributed by atoms with van der Waals surface area (Å²) < 4.78 is 5.67. The fourth-order valence-electron chi connectivity index (χ4n) is 2.31. The smallest absolute Gasteiger partial charge is 0.240 e. The van der Waals surface area contributed by atoms with Crippen LogP contribution >= 0.6 is 11.6 Å². The van der Waals surface area contributed by atoms with E-state index in [1.165, 1.54) is 0 Å². The summed E-state index contributed by atoms with van der Waals surface area (Å²) in [6.45, 7) is 4.45. The van der Waals surface area contributed by atoms with Crippen molar-refractivity contribution in [1.29, 1.82) is 0 Å². The van der Waals surface area contributed by atoms with Gasteiger partial charge >= 0.3 is 0 Å². The summed E-state index contributed by atoms with van der Waals surface area (Å²) in [5.74, 6) is 0.824. The highest BCUT2D eigenvalue weighted by atomic mass is 35.5. The number of hydrogen-bond donors (Lipinski definition) is 1. The first-order chi connectivity index (χ1) is 12.1. The Morgan fingerprint density at radius 1 is 1.28 bits per heavy atom. The third kappa shape index (κ3) is 6.59. The average molecular weight is 359 g/mol. The highest BCUT2D eigenvalue weighted by molar-refractivity contribution is 6.30. The van der Waals surface area contributed by atoms with Crippen molar-refractivity contribution in [2.24, 2.45) is 5.10 Å². The zero-order chi connectivity index (χ0) is 18.1. The van der Waals surface area contributed by atoms with E-state index in [1.807, 2.05) is 56.3 Å². The maximum absolute atomic E-state index is 11.8. The van der Waals surface area contributed by atoms with E-state index in [0.29, 0.717) is 24.5 Å². The van der Waals surface area contributed by atoms with Crippen LogP contribution in [0.5, 0.6) is 5.75 Å². The van der Waals surface area contributed by atoms with Crippen molar-refractivity contribution in [2.75, 3.05) is 6.61 Å². The minimum Gasteiger partial charge on any atom is -0.493 e. The molecule has 25 heavy (non-hydrogen) atoms. The lowest BCUT2D eigenvalue weighted by molar-refractivity contribution is -0.121. The van der Waals surface area contributed by atoms with Gasteiger partial charge in [0.2, 0.25) is 5.91 Å². The second kappa shape index (κ2) is 9.84. The van der Waals surface area contributed by atoms with Gasteiger partial charge < -0.3 is 4.74 Å². The Morgan fingerprint density at radius 2 is 2.04 bits per heavy atom. The van der Waals surface area contributed by atoms with Gasteiger partial charge in [0, 0.05) is 23.6 Å². The van der Waals surface area contributed by atoms with Crippen molar-refractivity contribution in [2.45, 2.75) is 32.6 Å². The number of halogens is 1. The van der Waals surface area contributed by atoms with Gasteiger partial charge in [0.05, 0.1) is 6.61 Å². The molecule has 132 valence electrons. The lowest BCUT2D eigenvalue weighted by Gasteiger charge is -2.09. The first-order valence-electron chi connectivity index (χ1n) is 8.32. The van der Waals surface area contributed by atoms with Gasteiger partial charge in [-0.05, 0) is 42.7 Å². The number of nitrogens with one attached hydrogen (secondary N) is 1. The summed E-state index contributed by atoms with van der Waals surface area (Å²) in [5.41, 5.74) is 4.70. The van der Waals surface area contributed by atoms with Crippen LogP contribution < -0.4 is 10.2 Å². The van der Waals surface area contributed by atoms with Gasteiger partial charge in [-0.2, -0.15) is 5.10 Å². The van der Waals surface area contributed by atoms with E-state index in [1.54, 1.807) is 12.3 Å². The highest BCUT2D eigenvalue weighted by Gasteiger charge is 2.04. The quantitative estimate of drug-likeness (QED) is 0.422. The van der Waals surface area contributed by atoms with Crippen LogP contribution in [0, 0.1) is 6.92 Å². The SMILES string of the molecule is Cc1cc(Cl)ccc1OCCCC(=O)N/N=C/C(C)c1ccccc1. The van der Waals surface area contributed by atoms with E-state index in [9.17, 15) is 4.79 Å². The Kier molecular flexibility index (Phi) is 7.48. The standard InChI is InChI=1S/C20H23ClN2O2/c1-15-13-18(21)10-11-19(15)25-12-6-9-20(24)23-22-14-16(2)17-7-4-3-5-8-17/h3-5,7-8,10-11,13-14,16H,6,9,12H2,1-2H3,(H,23,24)/b22-14+. The average Bonchev–Trinajstić information content (AvgIpc) is 2.61. The van der Waals surface area contributed by atoms with E-state index < -0.39 is 0 Å². The Bertz CT molecular complexity index is 717. The van der Waals surface area contributed by atoms with Gasteiger partial charge in [-0.15, -0.1) is 0 Å². The zero-order valence-electron chi connectivity index (χ0n) is 14.5. The first-order valence-corrected chi connectivity index (χ1v) is 8.70. The van der Waals surface area contributed by atoms with Gasteiger partial charge in [-0.1, -0.05) is 48.9 Å². The van der Waals surface area contributed by atoms with Gasteiger partial charge in [-0.3, -0.25) is 4.79 Å². The summed E-state index contributed by atoms with van der Waals surface area (Å²) in [4.78, 5) is 11.8. The van der Waals surface area contributed by atoms with Gasteiger partial charge in [0.1, 0.15) is 5.75 Å². The minimum atomic E-state index is -0.118. The van der Waals surface area contributed by atoms with Crippen LogP contribution in [-0.2, 0) is 4.79 Å². The van der Waals surface area contributed by atoms with Crippen LogP contribution in [0.25, 0.3) is 0 Å². The predicted molar refractivity (Wildman–Crippen MR) is 102 cm³/mol. The molecule has 2 aromatic rings. The topological polar surface area (TPSA) is 50.7 Å². The molecule has 0 radical (unpaired) electrons. The first kappa shape index (κ1) is 19.0. The van der Waals surface area contributed by atoms with Crippen LogP contribution in [0.15, 0.2) is 53.6 Å². The lowest BCUT2D eigenvalue weighted by atomic mass is 10.0. The molecule has 0 spiro atoms. The number of ether oxygens (including phenoxy) is 1. The van der Waals surface area contributed by atoms with E-state index in [-0.39, 0.29) is 11.8 Å². The Labute approximate surface area is 153 Å². The molecule has 1 amide bonds. The van der Waals surface area contributed by atoms with Crippen LogP contribution in [0.1, 0.15) is 36.8 Å². The number of carbonyl (C=O) groups excluding carboxylic acids is 1. The third-order valence-electron chi connectivity index (χ3n) is 3.76. The van der Waals surface area contributed by atoms with Gasteiger partial charge in [0.15, 0.2) is 0 Å². The molecule has 0 heterocycles. The largest absolute Gasteiger partial charge is 0.493 e. The predicted octanol–water partition coefficient (Wildman–Crippen LogP) is 4.71. The summed E-state index contributed by atoms with van der Waals surface area (Å²) in [6, 6.07) is 15.5. The molecule has 4 nitrogen and oxygen atoms in total. The molecule has 1 unspecified atom stereocenters. The molecule has 0 saturated heterocycles. The van der Waals surface area contributed by atoms with E-state index in [0.717, 1.165) is 16.9 Å². The molecule has 5 heteroatoms. The molecule has 0 aromatic heterocycles. The van der Waals surface area contributed by atoms with Gasteiger partial charge in [-0.25, -0.2) is 5.43 Å². The lowest BCUT2D eigenvalue weighted by Crippen LogP contribution is -2.18. The zero-order valence-corrected chi connectivity index (χ0v) is 15.3. The van der Waals surface area contributed by atoms with E-state index >= 15 is 0 Å². The molecule has 0 bridgehead atoms. The summed E-state index contributed by atoms with van der Waals surface area (Å²) in [6.07, 6.45) is 2.72.